The Morgan fingerprint density at radius 3 is 2.06 bits per heavy atom. The molecule has 16 atom stereocenters. The van der Waals surface area contributed by atoms with Gasteiger partial charge in [-0.25, -0.2) is 19.4 Å². The number of ether oxygens (including phenoxy) is 13. The number of ketones is 2. The molecule has 6 aliphatic rings. The van der Waals surface area contributed by atoms with Crippen molar-refractivity contribution in [2.45, 2.75) is 225 Å². The van der Waals surface area contributed by atoms with Gasteiger partial charge in [0, 0.05) is 137 Å². The Hall–Kier alpha value is -8.36. The van der Waals surface area contributed by atoms with Gasteiger partial charge in [0.25, 0.3) is 17.7 Å². The monoisotopic (exact) mass is 1810 g/mol. The fraction of sp³-hybridized carbons (Fsp3) is 0.670. The molecule has 0 unspecified atom stereocenters. The van der Waals surface area contributed by atoms with Crippen LogP contribution in [0.2, 0.25) is 0 Å². The number of anilines is 2. The predicted molar refractivity (Wildman–Crippen MR) is 488 cm³/mol. The van der Waals surface area contributed by atoms with Crippen LogP contribution in [0, 0.1) is 35.5 Å². The van der Waals surface area contributed by atoms with Crippen molar-refractivity contribution in [3.8, 4) is 11.3 Å². The van der Waals surface area contributed by atoms with Crippen LogP contribution in [-0.4, -0.2) is 311 Å². The predicted octanol–water partition coefficient (Wildman–Crippen LogP) is 9.81. The SMILES string of the molecule is CO[C@H]1C[C@@H]2CC[C@@H](C)[C@@](O)(O2)C(=O)C(=O)N2CCCC[C@H]2C(=O)O[C@H]([C@H](C)C[C@@H]2CC[C@@H](OC(=O)CCCOCCOCCN3CCN(CCOCCOCCOCCOCCC(=O)N4CCc5cc(Cn6nc(-c7ccc8oc(N)nc8c7)c7c(N)ncnc76)ccc5C4)CC3)[C@H](OC)C2)C[C@@H](OC)[C@H](C)/C=C(\C)[C@@H](O)[C@@H](OC)C(=O)[C@H](C)C[C@H](C)/C=C/C=C/C=C/1C. The molecule has 5 aromatic rings. The molecule has 3 aromatic heterocycles. The Labute approximate surface area is 765 Å². The lowest BCUT2D eigenvalue weighted by atomic mass is 9.78. The number of piperazine rings is 1. The van der Waals surface area contributed by atoms with E-state index in [4.69, 9.17) is 82.6 Å². The second-order valence-corrected chi connectivity index (χ2v) is 36.0. The number of nitrogens with two attached hydrogens (primary N) is 2. The van der Waals surface area contributed by atoms with Crippen LogP contribution in [0.1, 0.15) is 161 Å². The van der Waals surface area contributed by atoms with Crippen LogP contribution in [0.3, 0.4) is 0 Å². The zero-order chi connectivity index (χ0) is 92.8. The van der Waals surface area contributed by atoms with Crippen molar-refractivity contribution in [2.75, 3.05) is 172 Å². The summed E-state index contributed by atoms with van der Waals surface area (Å²) in [4.78, 5) is 106. The minimum atomic E-state index is -2.45. The Morgan fingerprint density at radius 2 is 1.37 bits per heavy atom. The van der Waals surface area contributed by atoms with E-state index in [-0.39, 0.29) is 79.3 Å². The van der Waals surface area contributed by atoms with Crippen molar-refractivity contribution in [2.24, 2.45) is 35.5 Å². The second kappa shape index (κ2) is 51.2. The summed E-state index contributed by atoms with van der Waals surface area (Å²) in [6.07, 6.45) is 14.7. The Bertz CT molecular complexity index is 4590. The first-order valence-corrected chi connectivity index (χ1v) is 46.9. The fourth-order valence-corrected chi connectivity index (χ4v) is 18.8. The maximum absolute atomic E-state index is 14.9. The molecule has 2 aromatic carbocycles. The Morgan fingerprint density at radius 1 is 0.677 bits per heavy atom. The van der Waals surface area contributed by atoms with Crippen molar-refractivity contribution in [3.63, 3.8) is 0 Å². The van der Waals surface area contributed by atoms with Gasteiger partial charge in [0.05, 0.1) is 115 Å². The van der Waals surface area contributed by atoms with E-state index in [1.54, 1.807) is 41.2 Å². The molecule has 718 valence electrons. The number of carbonyl (C=O) groups is 6. The number of benzene rings is 2. The van der Waals surface area contributed by atoms with Crippen molar-refractivity contribution in [1.82, 2.24) is 44.3 Å². The highest BCUT2D eigenvalue weighted by molar-refractivity contribution is 6.39. The standard InChI is InChI=1S/C97H143N11O22/c1-63-18-13-12-14-19-64(2)80(117-8)58-75-27-22-69(7)97(116,130-75)91(113)94(114)107-32-16-15-20-77(107)95(115)128-82(59-81(118-9)65(3)53-68(6)89(112)90(120-11)88(111)67(5)52-63)66(4)54-70-24-28-79(83(56-70)119-10)127-85(110)21-17-40-121-44-46-123-42-38-104-34-36-105(37-35-104)39-43-124-47-49-126-51-50-125-48-45-122-41-31-84(109)106-33-30-72-55-71(23-25-74(72)61-106)60-108-93-86(92(98)100-62-101-93)87(103-108)73-26-29-78-76(57-73)102-96(99)129-78/h12-14,18-19,23,25-26,29,53,55,57,62-63,65-67,69-70,75,77,79-83,89-90,112,116H,15-17,20-22,24,27-28,30-52,54,56,58-61H2,1-11H3,(H2,99,102)(H2,98,100,101)/b14-12+,18-13+,64-19+,68-53+/t63-,65-,66-,67-,69-,70+,75+,77+,79-,80+,81-,82+,83-,89-,90+,97-/m1/s1. The molecule has 33 nitrogen and oxygen atoms in total. The molecule has 8 heterocycles. The smallest absolute Gasteiger partial charge is 0.329 e. The van der Waals surface area contributed by atoms with Gasteiger partial charge < -0.3 is 97.5 Å². The van der Waals surface area contributed by atoms with Crippen LogP contribution in [0.4, 0.5) is 11.8 Å². The highest BCUT2D eigenvalue weighted by atomic mass is 16.6. The number of aliphatic hydroxyl groups excluding tert-OH is 1. The summed E-state index contributed by atoms with van der Waals surface area (Å²) in [6, 6.07) is 10.8. The van der Waals surface area contributed by atoms with E-state index in [1.165, 1.54) is 23.9 Å². The maximum atomic E-state index is 14.9. The highest BCUT2D eigenvalue weighted by Crippen LogP contribution is 2.40. The summed E-state index contributed by atoms with van der Waals surface area (Å²) < 4.78 is 85.0. The average Bonchev–Trinajstić information content (AvgIpc) is 1.72. The number of Topliss-reactive ketones (excluding diaryl/α,β-unsaturated/α-hetero) is 2. The van der Waals surface area contributed by atoms with E-state index >= 15 is 0 Å². The van der Waals surface area contributed by atoms with Gasteiger partial charge in [-0.1, -0.05) is 89.3 Å². The molecule has 4 fully saturated rings. The van der Waals surface area contributed by atoms with Gasteiger partial charge in [-0.15, -0.1) is 0 Å². The molecule has 3 saturated heterocycles. The molecular formula is C97H143N11O22. The van der Waals surface area contributed by atoms with Crippen molar-refractivity contribution >= 4 is 69.3 Å². The van der Waals surface area contributed by atoms with Gasteiger partial charge in [0.2, 0.25) is 11.7 Å². The maximum Gasteiger partial charge on any atom is 0.329 e. The molecule has 0 spiro atoms. The lowest BCUT2D eigenvalue weighted by Gasteiger charge is -2.43. The largest absolute Gasteiger partial charge is 0.460 e. The van der Waals surface area contributed by atoms with E-state index in [9.17, 15) is 39.0 Å². The van der Waals surface area contributed by atoms with E-state index in [2.05, 4.69) is 43.0 Å². The van der Waals surface area contributed by atoms with Crippen LogP contribution < -0.4 is 11.5 Å². The first kappa shape index (κ1) is 102. The van der Waals surface area contributed by atoms with Crippen molar-refractivity contribution < 1.29 is 105 Å². The number of aromatic nitrogens is 5. The molecule has 6 N–H and O–H groups in total. The summed E-state index contributed by atoms with van der Waals surface area (Å²) in [5.41, 5.74) is 20.2. The van der Waals surface area contributed by atoms with Crippen molar-refractivity contribution in [1.29, 1.82) is 0 Å². The molecular weight excluding hydrogens is 1670 g/mol. The number of esters is 2. The molecule has 0 radical (unpaired) electrons. The second-order valence-electron chi connectivity index (χ2n) is 36.0. The number of fused-ring (bicyclic) bond motifs is 6. The summed E-state index contributed by atoms with van der Waals surface area (Å²) in [5, 5.41) is 29.6. The number of carbonyl (C=O) groups excluding carboxylic acids is 6. The lowest BCUT2D eigenvalue weighted by molar-refractivity contribution is -0.265. The van der Waals surface area contributed by atoms with Crippen LogP contribution >= 0.6 is 0 Å². The number of allylic oxidation sites excluding steroid dienone is 5. The summed E-state index contributed by atoms with van der Waals surface area (Å²) in [6.45, 7) is 25.8. The number of hydrogen-bond acceptors (Lipinski definition) is 30. The number of hydrogen-bond donors (Lipinski definition) is 4. The Balaban J connectivity index is 0.529. The van der Waals surface area contributed by atoms with Gasteiger partial charge in [-0.05, 0) is 155 Å². The van der Waals surface area contributed by atoms with Gasteiger partial charge >= 0.3 is 11.9 Å². The molecule has 11 rings (SSSR count). The lowest BCUT2D eigenvalue weighted by Crippen LogP contribution is -2.61. The molecule has 33 heteroatoms. The topological polar surface area (TPSA) is 397 Å². The van der Waals surface area contributed by atoms with Crippen molar-refractivity contribution in [3.05, 3.63) is 107 Å². The molecule has 1 saturated carbocycles. The molecule has 2 bridgehead atoms. The number of amides is 2. The first-order chi connectivity index (χ1) is 62.8. The molecule has 130 heavy (non-hydrogen) atoms. The molecule has 1 aliphatic carbocycles. The number of nitrogens with zero attached hydrogens (tertiary/aromatic N) is 9. The summed E-state index contributed by atoms with van der Waals surface area (Å²) in [7, 11) is 6.21. The molecule has 5 aliphatic heterocycles. The minimum absolute atomic E-state index is 0.0133. The summed E-state index contributed by atoms with van der Waals surface area (Å²) in [5.74, 6) is -7.17. The minimum Gasteiger partial charge on any atom is -0.460 e. The van der Waals surface area contributed by atoms with E-state index in [0.29, 0.717) is 215 Å². The van der Waals surface area contributed by atoms with Gasteiger partial charge in [-0.3, -0.25) is 33.8 Å². The third-order valence-corrected chi connectivity index (χ3v) is 26.6. The average molecular weight is 1820 g/mol. The van der Waals surface area contributed by atoms with E-state index < -0.39 is 84.1 Å². The van der Waals surface area contributed by atoms with Gasteiger partial charge in [0.1, 0.15) is 53.8 Å². The third kappa shape index (κ3) is 28.8. The number of methoxy groups -OCH3 is 4. The van der Waals surface area contributed by atoms with E-state index in [0.717, 1.165) is 68.0 Å². The summed E-state index contributed by atoms with van der Waals surface area (Å²) >= 11 is 0. The van der Waals surface area contributed by atoms with Gasteiger partial charge in [0.15, 0.2) is 17.0 Å². The normalized spacial score (nSPS) is 28.3. The van der Waals surface area contributed by atoms with Crippen LogP contribution in [0.25, 0.3) is 33.4 Å². The van der Waals surface area contributed by atoms with Crippen LogP contribution in [-0.2, 0) is 110 Å². The number of rotatable bonds is 36. The number of nitrogen functional groups attached to an aromatic ring is 2. The van der Waals surface area contributed by atoms with E-state index in [1.807, 2.05) is 92.8 Å². The van der Waals surface area contributed by atoms with Crippen LogP contribution in [0.5, 0.6) is 0 Å². The zero-order valence-electron chi connectivity index (χ0n) is 78.3. The van der Waals surface area contributed by atoms with Crippen LogP contribution in [0.15, 0.2) is 94.7 Å². The highest BCUT2D eigenvalue weighted by Gasteiger charge is 2.53. The number of aliphatic hydroxyl groups is 2. The number of piperidine rings is 1. The quantitative estimate of drug-likeness (QED) is 0.0125. The fourth-order valence-electron chi connectivity index (χ4n) is 18.8. The third-order valence-electron chi connectivity index (χ3n) is 26.6. The first-order valence-electron chi connectivity index (χ1n) is 46.9. The number of oxazole rings is 1. The van der Waals surface area contributed by atoms with Gasteiger partial charge in [-0.2, -0.15) is 10.1 Å². The number of cyclic esters (lactones) is 1. The zero-order valence-corrected chi connectivity index (χ0v) is 78.3. The Kier molecular flexibility index (Phi) is 40.2. The molecule has 2 amide bonds.